The molecule has 0 aliphatic rings. The molecule has 0 atom stereocenters. The van der Waals surface area contributed by atoms with Crippen LogP contribution in [0.1, 0.15) is 27.4 Å². The fraction of sp³-hybridized carbons (Fsp3) is 0.222. The number of rotatable bonds is 4. The second-order valence-electron chi connectivity index (χ2n) is 5.73. The van der Waals surface area contributed by atoms with Gasteiger partial charge in [-0.3, -0.25) is 4.79 Å². The zero-order chi connectivity index (χ0) is 18.0. The molecular formula is C18H18N4O3. The summed E-state index contributed by atoms with van der Waals surface area (Å²) in [5.41, 5.74) is 3.51. The first kappa shape index (κ1) is 16.6. The number of benzene rings is 1. The third-order valence-corrected chi connectivity index (χ3v) is 3.67. The van der Waals surface area contributed by atoms with Crippen LogP contribution in [0.4, 0.5) is 5.69 Å². The first-order valence-electron chi connectivity index (χ1n) is 7.81. The Morgan fingerprint density at radius 2 is 1.88 bits per heavy atom. The maximum Gasteiger partial charge on any atom is 0.344 e. The number of amides is 1. The molecule has 1 N–H and O–H groups in total. The number of anilines is 1. The van der Waals surface area contributed by atoms with Gasteiger partial charge in [0.25, 0.3) is 5.91 Å². The largest absolute Gasteiger partial charge is 0.452 e. The molecule has 0 fully saturated rings. The number of para-hydroxylation sites is 1. The Labute approximate surface area is 144 Å². The minimum absolute atomic E-state index is 0.277. The highest BCUT2D eigenvalue weighted by Crippen LogP contribution is 2.17. The molecule has 0 unspecified atom stereocenters. The summed E-state index contributed by atoms with van der Waals surface area (Å²) in [5.74, 6) is -1.03. The number of carbonyl (C=O) groups excluding carboxylic acids is 2. The zero-order valence-electron chi connectivity index (χ0n) is 14.2. The van der Waals surface area contributed by atoms with Crippen LogP contribution in [0.25, 0.3) is 5.65 Å². The third kappa shape index (κ3) is 3.50. The lowest BCUT2D eigenvalue weighted by atomic mass is 10.2. The summed E-state index contributed by atoms with van der Waals surface area (Å²) in [6, 6.07) is 10.8. The van der Waals surface area contributed by atoms with Crippen LogP contribution in [0.2, 0.25) is 0 Å². The summed E-state index contributed by atoms with van der Waals surface area (Å²) in [6.07, 6.45) is 0. The van der Waals surface area contributed by atoms with Crippen LogP contribution in [0.5, 0.6) is 0 Å². The molecule has 1 amide bonds. The molecule has 0 saturated carbocycles. The quantitative estimate of drug-likeness (QED) is 0.739. The smallest absolute Gasteiger partial charge is 0.344 e. The summed E-state index contributed by atoms with van der Waals surface area (Å²) in [4.78, 5) is 28.7. The Hall–Kier alpha value is -3.22. The number of aryl methyl sites for hydroxylation is 3. The highest BCUT2D eigenvalue weighted by molar-refractivity contribution is 5.99. The topological polar surface area (TPSA) is 85.6 Å². The van der Waals surface area contributed by atoms with E-state index in [9.17, 15) is 9.59 Å². The molecule has 0 spiro atoms. The Balaban J connectivity index is 1.74. The van der Waals surface area contributed by atoms with Gasteiger partial charge in [0.05, 0.1) is 5.69 Å². The predicted molar refractivity (Wildman–Crippen MR) is 92.6 cm³/mol. The number of hydrogen-bond donors (Lipinski definition) is 1. The predicted octanol–water partition coefficient (Wildman–Crippen LogP) is 2.45. The van der Waals surface area contributed by atoms with Gasteiger partial charge in [0.2, 0.25) is 0 Å². The molecular weight excluding hydrogens is 320 g/mol. The standard InChI is InChI=1S/C18H18N4O3/c1-11-9-12(2)22-17(19-11)16(13(3)21-22)18(24)25-10-15(23)20-14-7-5-4-6-8-14/h4-9H,10H2,1-3H3,(H,20,23). The van der Waals surface area contributed by atoms with Gasteiger partial charge in [-0.25, -0.2) is 14.3 Å². The Morgan fingerprint density at radius 1 is 1.16 bits per heavy atom. The van der Waals surface area contributed by atoms with Crippen molar-refractivity contribution in [2.24, 2.45) is 0 Å². The fourth-order valence-electron chi connectivity index (χ4n) is 2.59. The van der Waals surface area contributed by atoms with E-state index in [0.29, 0.717) is 17.0 Å². The zero-order valence-corrected chi connectivity index (χ0v) is 14.2. The lowest BCUT2D eigenvalue weighted by Gasteiger charge is -2.06. The van der Waals surface area contributed by atoms with Crippen molar-refractivity contribution in [1.82, 2.24) is 14.6 Å². The first-order chi connectivity index (χ1) is 12.0. The Morgan fingerprint density at radius 3 is 2.60 bits per heavy atom. The molecule has 128 valence electrons. The van der Waals surface area contributed by atoms with Gasteiger partial charge in [0.1, 0.15) is 5.56 Å². The maximum atomic E-state index is 12.4. The van der Waals surface area contributed by atoms with E-state index < -0.39 is 11.9 Å². The average molecular weight is 338 g/mol. The second-order valence-corrected chi connectivity index (χ2v) is 5.73. The van der Waals surface area contributed by atoms with E-state index in [1.807, 2.05) is 26.0 Å². The molecule has 3 aromatic rings. The van der Waals surface area contributed by atoms with Crippen molar-refractivity contribution in [3.63, 3.8) is 0 Å². The molecule has 0 aliphatic carbocycles. The summed E-state index contributed by atoms with van der Waals surface area (Å²) in [5, 5.41) is 6.98. The minimum Gasteiger partial charge on any atom is -0.452 e. The van der Waals surface area contributed by atoms with Gasteiger partial charge in [-0.2, -0.15) is 5.10 Å². The summed E-state index contributed by atoms with van der Waals surface area (Å²) in [7, 11) is 0. The second kappa shape index (κ2) is 6.72. The van der Waals surface area contributed by atoms with Crippen LogP contribution < -0.4 is 5.32 Å². The number of hydrogen-bond acceptors (Lipinski definition) is 5. The van der Waals surface area contributed by atoms with Gasteiger partial charge < -0.3 is 10.1 Å². The molecule has 2 heterocycles. The van der Waals surface area contributed by atoms with Crippen molar-refractivity contribution in [3.05, 3.63) is 59.0 Å². The molecule has 0 bridgehead atoms. The van der Waals surface area contributed by atoms with E-state index in [1.165, 1.54) is 0 Å². The first-order valence-corrected chi connectivity index (χ1v) is 7.81. The van der Waals surface area contributed by atoms with Crippen molar-refractivity contribution in [2.45, 2.75) is 20.8 Å². The molecule has 7 nitrogen and oxygen atoms in total. The summed E-state index contributed by atoms with van der Waals surface area (Å²) < 4.78 is 6.74. The normalized spacial score (nSPS) is 10.7. The van der Waals surface area contributed by atoms with Crippen LogP contribution >= 0.6 is 0 Å². The van der Waals surface area contributed by atoms with Crippen molar-refractivity contribution in [1.29, 1.82) is 0 Å². The lowest BCUT2D eigenvalue weighted by molar-refractivity contribution is -0.119. The number of esters is 1. The van der Waals surface area contributed by atoms with Crippen molar-refractivity contribution in [3.8, 4) is 0 Å². The molecule has 0 radical (unpaired) electrons. The van der Waals surface area contributed by atoms with E-state index in [-0.39, 0.29) is 12.2 Å². The highest BCUT2D eigenvalue weighted by Gasteiger charge is 2.21. The SMILES string of the molecule is Cc1cc(C)n2nc(C)c(C(=O)OCC(=O)Nc3ccccc3)c2n1. The number of aromatic nitrogens is 3. The minimum atomic E-state index is -0.617. The van der Waals surface area contributed by atoms with Crippen LogP contribution in [0, 0.1) is 20.8 Å². The monoisotopic (exact) mass is 338 g/mol. The summed E-state index contributed by atoms with van der Waals surface area (Å²) >= 11 is 0. The average Bonchev–Trinajstić information content (AvgIpc) is 2.90. The van der Waals surface area contributed by atoms with Crippen molar-refractivity contribution < 1.29 is 14.3 Å². The van der Waals surface area contributed by atoms with E-state index in [4.69, 9.17) is 4.74 Å². The Bertz CT molecular complexity index is 948. The number of ether oxygens (including phenoxy) is 1. The molecule has 2 aromatic heterocycles. The van der Waals surface area contributed by atoms with Gasteiger partial charge in [0, 0.05) is 17.1 Å². The Kier molecular flexibility index (Phi) is 4.47. The fourth-order valence-corrected chi connectivity index (χ4v) is 2.59. The van der Waals surface area contributed by atoms with Crippen molar-refractivity contribution in [2.75, 3.05) is 11.9 Å². The molecule has 3 rings (SSSR count). The molecule has 25 heavy (non-hydrogen) atoms. The number of carbonyl (C=O) groups is 2. The molecule has 0 aliphatic heterocycles. The van der Waals surface area contributed by atoms with E-state index in [0.717, 1.165) is 11.4 Å². The van der Waals surface area contributed by atoms with Crippen molar-refractivity contribution >= 4 is 23.2 Å². The molecule has 7 heteroatoms. The van der Waals surface area contributed by atoms with Crippen LogP contribution in [0.3, 0.4) is 0 Å². The summed E-state index contributed by atoms with van der Waals surface area (Å²) in [6.45, 7) is 5.06. The van der Waals surface area contributed by atoms with Crippen LogP contribution in [-0.2, 0) is 9.53 Å². The van der Waals surface area contributed by atoms with Crippen LogP contribution in [-0.4, -0.2) is 33.1 Å². The van der Waals surface area contributed by atoms with Gasteiger partial charge in [-0.15, -0.1) is 0 Å². The maximum absolute atomic E-state index is 12.4. The highest BCUT2D eigenvalue weighted by atomic mass is 16.5. The van der Waals surface area contributed by atoms with E-state index in [2.05, 4.69) is 15.4 Å². The van der Waals surface area contributed by atoms with Gasteiger partial charge in [-0.05, 0) is 39.0 Å². The number of nitrogens with one attached hydrogen (secondary N) is 1. The number of fused-ring (bicyclic) bond motifs is 1. The van der Waals surface area contributed by atoms with Gasteiger partial charge in [-0.1, -0.05) is 18.2 Å². The lowest BCUT2D eigenvalue weighted by Crippen LogP contribution is -2.21. The van der Waals surface area contributed by atoms with E-state index in [1.54, 1.807) is 35.7 Å². The van der Waals surface area contributed by atoms with E-state index >= 15 is 0 Å². The molecule has 1 aromatic carbocycles. The number of nitrogens with zero attached hydrogens (tertiary/aromatic N) is 3. The van der Waals surface area contributed by atoms with Crippen LogP contribution in [0.15, 0.2) is 36.4 Å². The van der Waals surface area contributed by atoms with Gasteiger partial charge in [0.15, 0.2) is 12.3 Å². The molecule has 0 saturated heterocycles. The third-order valence-electron chi connectivity index (χ3n) is 3.67. The van der Waals surface area contributed by atoms with Gasteiger partial charge >= 0.3 is 5.97 Å².